The molecule has 8 heteroatoms. The number of carbonyl (C=O) groups excluding carboxylic acids is 1. The molecule has 28 heavy (non-hydrogen) atoms. The number of likely N-dealkylation sites (tertiary alicyclic amines) is 2. The van der Waals surface area contributed by atoms with Crippen molar-refractivity contribution in [3.05, 3.63) is 41.8 Å². The van der Waals surface area contributed by atoms with Crippen molar-refractivity contribution in [3.8, 4) is 0 Å². The number of amides is 1. The molecule has 1 amide bonds. The highest BCUT2D eigenvalue weighted by atomic mass is 32.2. The van der Waals surface area contributed by atoms with E-state index in [0.717, 1.165) is 56.2 Å². The maximum Gasteiger partial charge on any atom is 0.240 e. The fourth-order valence-electron chi connectivity index (χ4n) is 4.26. The molecule has 0 N–H and O–H groups in total. The highest BCUT2D eigenvalue weighted by molar-refractivity contribution is 7.97. The third kappa shape index (κ3) is 4.55. The molecule has 0 saturated carbocycles. The Balaban J connectivity index is 1.33. The predicted molar refractivity (Wildman–Crippen MR) is 107 cm³/mol. The van der Waals surface area contributed by atoms with Crippen LogP contribution in [0, 0.1) is 5.41 Å². The number of carbonyl (C=O) groups is 1. The van der Waals surface area contributed by atoms with Crippen molar-refractivity contribution in [2.45, 2.75) is 44.5 Å². The second kappa shape index (κ2) is 8.61. The Morgan fingerprint density at radius 1 is 1.21 bits per heavy atom. The van der Waals surface area contributed by atoms with Gasteiger partial charge >= 0.3 is 0 Å². The topological polar surface area (TPSA) is 75.4 Å². The number of hydrogen-bond acceptors (Lipinski definition) is 7. The van der Waals surface area contributed by atoms with Gasteiger partial charge in [0.2, 0.25) is 11.8 Å². The van der Waals surface area contributed by atoms with Crippen LogP contribution in [0.2, 0.25) is 0 Å². The minimum absolute atomic E-state index is 0.234. The molecular formula is C20H27N5O2S. The van der Waals surface area contributed by atoms with Crippen LogP contribution >= 0.6 is 11.8 Å². The Morgan fingerprint density at radius 2 is 2.07 bits per heavy atom. The SMILES string of the molecule is CSCc1noc(CN2CCC3(CCC(=O)N(Cc4ccccn4)C3)CC2)n1. The van der Waals surface area contributed by atoms with Crippen molar-refractivity contribution in [3.63, 3.8) is 0 Å². The van der Waals surface area contributed by atoms with E-state index < -0.39 is 0 Å². The molecule has 0 aromatic carbocycles. The number of hydrogen-bond donors (Lipinski definition) is 0. The zero-order valence-electron chi connectivity index (χ0n) is 16.3. The van der Waals surface area contributed by atoms with Crippen LogP contribution in [0.4, 0.5) is 0 Å². The summed E-state index contributed by atoms with van der Waals surface area (Å²) in [5.74, 6) is 2.51. The van der Waals surface area contributed by atoms with Gasteiger partial charge in [0.05, 0.1) is 24.5 Å². The second-order valence-electron chi connectivity index (χ2n) is 7.88. The molecule has 0 atom stereocenters. The normalized spacial score (nSPS) is 20.0. The van der Waals surface area contributed by atoms with Crippen LogP contribution in [0.5, 0.6) is 0 Å². The van der Waals surface area contributed by atoms with Crippen LogP contribution in [-0.4, -0.2) is 56.7 Å². The van der Waals surface area contributed by atoms with Gasteiger partial charge in [-0.15, -0.1) is 0 Å². The van der Waals surface area contributed by atoms with E-state index in [2.05, 4.69) is 20.0 Å². The van der Waals surface area contributed by atoms with Crippen LogP contribution in [0.25, 0.3) is 0 Å². The van der Waals surface area contributed by atoms with Gasteiger partial charge in [-0.2, -0.15) is 16.7 Å². The highest BCUT2D eigenvalue weighted by Gasteiger charge is 2.41. The van der Waals surface area contributed by atoms with Crippen LogP contribution < -0.4 is 0 Å². The molecule has 0 unspecified atom stereocenters. The van der Waals surface area contributed by atoms with Crippen molar-refractivity contribution in [1.29, 1.82) is 0 Å². The molecule has 4 heterocycles. The zero-order chi connectivity index (χ0) is 19.4. The van der Waals surface area contributed by atoms with E-state index in [1.54, 1.807) is 18.0 Å². The minimum atomic E-state index is 0.234. The summed E-state index contributed by atoms with van der Waals surface area (Å²) in [6.07, 6.45) is 7.67. The Morgan fingerprint density at radius 3 is 2.82 bits per heavy atom. The van der Waals surface area contributed by atoms with Crippen molar-refractivity contribution < 1.29 is 9.32 Å². The third-order valence-electron chi connectivity index (χ3n) is 5.89. The van der Waals surface area contributed by atoms with E-state index in [9.17, 15) is 4.79 Å². The Labute approximate surface area is 169 Å². The molecule has 4 rings (SSSR count). The van der Waals surface area contributed by atoms with Gasteiger partial charge in [-0.05, 0) is 56.2 Å². The summed E-state index contributed by atoms with van der Waals surface area (Å²) in [4.78, 5) is 25.7. The summed E-state index contributed by atoms with van der Waals surface area (Å²) in [6.45, 7) is 4.19. The maximum atomic E-state index is 12.4. The summed E-state index contributed by atoms with van der Waals surface area (Å²) >= 11 is 1.69. The number of pyridine rings is 1. The molecule has 1 spiro atoms. The first-order valence-corrected chi connectivity index (χ1v) is 11.3. The Bertz CT molecular complexity index is 789. The van der Waals surface area contributed by atoms with E-state index in [0.29, 0.717) is 25.4 Å². The summed E-state index contributed by atoms with van der Waals surface area (Å²) in [5, 5.41) is 4.03. The molecule has 0 bridgehead atoms. The van der Waals surface area contributed by atoms with Gasteiger partial charge in [0, 0.05) is 19.2 Å². The van der Waals surface area contributed by atoms with Crippen molar-refractivity contribution >= 4 is 17.7 Å². The predicted octanol–water partition coefficient (Wildman–Crippen LogP) is 2.73. The fourth-order valence-corrected chi connectivity index (χ4v) is 4.64. The van der Waals surface area contributed by atoms with Gasteiger partial charge in [0.15, 0.2) is 5.82 Å². The van der Waals surface area contributed by atoms with Gasteiger partial charge in [0.25, 0.3) is 0 Å². The fraction of sp³-hybridized carbons (Fsp3) is 0.600. The molecule has 150 valence electrons. The lowest BCUT2D eigenvalue weighted by molar-refractivity contribution is -0.140. The summed E-state index contributed by atoms with van der Waals surface area (Å²) in [5.41, 5.74) is 1.20. The summed E-state index contributed by atoms with van der Waals surface area (Å²) in [7, 11) is 0. The van der Waals surface area contributed by atoms with E-state index in [-0.39, 0.29) is 11.3 Å². The standard InChI is InChI=1S/C20H27N5O2S/c1-28-14-17-22-18(27-23-17)13-24-10-7-20(8-11-24)6-5-19(26)25(15-20)12-16-4-2-3-9-21-16/h2-4,9H,5-8,10-15H2,1H3. The molecule has 2 aliphatic rings. The minimum Gasteiger partial charge on any atom is -0.338 e. The first kappa shape index (κ1) is 19.4. The molecule has 0 aliphatic carbocycles. The lowest BCUT2D eigenvalue weighted by Gasteiger charge is -2.47. The molecular weight excluding hydrogens is 374 g/mol. The molecule has 2 fully saturated rings. The third-order valence-corrected chi connectivity index (χ3v) is 6.43. The number of piperidine rings is 2. The maximum absolute atomic E-state index is 12.4. The second-order valence-corrected chi connectivity index (χ2v) is 8.75. The molecule has 2 saturated heterocycles. The van der Waals surface area contributed by atoms with E-state index in [1.165, 1.54) is 0 Å². The molecule has 2 aromatic rings. The van der Waals surface area contributed by atoms with E-state index in [1.807, 2.05) is 29.4 Å². The van der Waals surface area contributed by atoms with Crippen LogP contribution in [0.15, 0.2) is 28.9 Å². The quantitative estimate of drug-likeness (QED) is 0.737. The Kier molecular flexibility index (Phi) is 5.96. The largest absolute Gasteiger partial charge is 0.338 e. The molecule has 2 aliphatic heterocycles. The van der Waals surface area contributed by atoms with E-state index in [4.69, 9.17) is 4.52 Å². The number of rotatable bonds is 6. The van der Waals surface area contributed by atoms with Gasteiger partial charge in [-0.3, -0.25) is 14.7 Å². The Hall–Kier alpha value is -1.93. The lowest BCUT2D eigenvalue weighted by Crippen LogP contribution is -2.51. The van der Waals surface area contributed by atoms with Crippen molar-refractivity contribution in [2.24, 2.45) is 5.41 Å². The number of nitrogens with zero attached hydrogens (tertiary/aromatic N) is 5. The van der Waals surface area contributed by atoms with Crippen molar-refractivity contribution in [1.82, 2.24) is 24.9 Å². The van der Waals surface area contributed by atoms with Gasteiger partial charge in [-0.1, -0.05) is 11.2 Å². The average Bonchev–Trinajstić information content (AvgIpc) is 3.15. The van der Waals surface area contributed by atoms with Gasteiger partial charge < -0.3 is 9.42 Å². The van der Waals surface area contributed by atoms with Crippen LogP contribution in [-0.2, 0) is 23.6 Å². The zero-order valence-corrected chi connectivity index (χ0v) is 17.2. The first-order valence-electron chi connectivity index (χ1n) is 9.86. The van der Waals surface area contributed by atoms with Crippen LogP contribution in [0.3, 0.4) is 0 Å². The number of aromatic nitrogens is 3. The molecule has 2 aromatic heterocycles. The lowest BCUT2D eigenvalue weighted by atomic mass is 9.72. The van der Waals surface area contributed by atoms with E-state index >= 15 is 0 Å². The summed E-state index contributed by atoms with van der Waals surface area (Å²) in [6, 6.07) is 5.88. The van der Waals surface area contributed by atoms with Crippen molar-refractivity contribution in [2.75, 3.05) is 25.9 Å². The highest BCUT2D eigenvalue weighted by Crippen LogP contribution is 2.40. The first-order chi connectivity index (χ1) is 13.7. The van der Waals surface area contributed by atoms with Crippen LogP contribution in [0.1, 0.15) is 43.1 Å². The van der Waals surface area contributed by atoms with Gasteiger partial charge in [-0.25, -0.2) is 0 Å². The summed E-state index contributed by atoms with van der Waals surface area (Å²) < 4.78 is 5.38. The average molecular weight is 402 g/mol. The smallest absolute Gasteiger partial charge is 0.240 e. The molecule has 0 radical (unpaired) electrons. The van der Waals surface area contributed by atoms with Gasteiger partial charge in [0.1, 0.15) is 0 Å². The monoisotopic (exact) mass is 401 g/mol. The number of thioether (sulfide) groups is 1. The molecule has 7 nitrogen and oxygen atoms in total.